The quantitative estimate of drug-likeness (QED) is 0.211. The number of hydrogen-bond acceptors (Lipinski definition) is 9. The fraction of sp³-hybridized carbons (Fsp3) is 0.367. The molecule has 0 saturated heterocycles. The summed E-state index contributed by atoms with van der Waals surface area (Å²) in [6, 6.07) is 12.3. The number of primary amides is 1. The van der Waals surface area contributed by atoms with Crippen molar-refractivity contribution in [2.45, 2.75) is 37.2 Å². The SMILES string of the molecule is COc1ccc(CC(NC(=O)C2=CC(Oc3ccc(C#N)cc3Br)C(OC(=O)NCCCl)C(OC(=O)NCCCl)C2)C(N)=O)cc1. The highest BCUT2D eigenvalue weighted by Crippen LogP contribution is 2.32. The van der Waals surface area contributed by atoms with Crippen LogP contribution >= 0.6 is 39.1 Å². The van der Waals surface area contributed by atoms with Crippen molar-refractivity contribution < 1.29 is 38.1 Å². The molecule has 0 aromatic heterocycles. The summed E-state index contributed by atoms with van der Waals surface area (Å²) in [4.78, 5) is 51.2. The molecule has 46 heavy (non-hydrogen) atoms. The zero-order valence-electron chi connectivity index (χ0n) is 24.6. The largest absolute Gasteiger partial charge is 0.497 e. The number of ether oxygens (including phenoxy) is 4. The summed E-state index contributed by atoms with van der Waals surface area (Å²) in [5, 5.41) is 16.8. The third-order valence-electron chi connectivity index (χ3n) is 6.57. The molecule has 246 valence electrons. The number of alkyl carbamates (subject to hydrolysis) is 2. The van der Waals surface area contributed by atoms with Gasteiger partial charge in [-0.3, -0.25) is 9.59 Å². The number of amides is 4. The van der Waals surface area contributed by atoms with Crippen LogP contribution in [0.1, 0.15) is 17.5 Å². The summed E-state index contributed by atoms with van der Waals surface area (Å²) in [7, 11) is 1.52. The molecule has 4 amide bonds. The van der Waals surface area contributed by atoms with Crippen molar-refractivity contribution >= 4 is 63.1 Å². The summed E-state index contributed by atoms with van der Waals surface area (Å²) in [6.45, 7) is 0.176. The van der Waals surface area contributed by atoms with Gasteiger partial charge < -0.3 is 40.6 Å². The Labute approximate surface area is 283 Å². The number of halogens is 3. The number of methoxy groups -OCH3 is 1. The van der Waals surface area contributed by atoms with Crippen LogP contribution in [0, 0.1) is 11.3 Å². The minimum atomic E-state index is -1.26. The molecular weight excluding hydrogens is 709 g/mol. The molecule has 5 N–H and O–H groups in total. The number of nitrogens with zero attached hydrogens (tertiary/aromatic N) is 1. The summed E-state index contributed by atoms with van der Waals surface area (Å²) in [6.07, 6.45) is -4.18. The number of nitriles is 1. The second kappa shape index (κ2) is 18.1. The molecule has 13 nitrogen and oxygen atoms in total. The predicted molar refractivity (Wildman–Crippen MR) is 172 cm³/mol. The molecule has 0 aliphatic heterocycles. The van der Waals surface area contributed by atoms with Crippen LogP contribution in [0.5, 0.6) is 11.5 Å². The van der Waals surface area contributed by atoms with E-state index in [1.54, 1.807) is 24.3 Å². The molecule has 0 spiro atoms. The van der Waals surface area contributed by atoms with Crippen LogP contribution in [-0.4, -0.2) is 80.3 Å². The van der Waals surface area contributed by atoms with Crippen molar-refractivity contribution in [1.29, 1.82) is 5.26 Å². The number of carbonyl (C=O) groups is 4. The van der Waals surface area contributed by atoms with Crippen LogP contribution in [-0.2, 0) is 25.5 Å². The van der Waals surface area contributed by atoms with Gasteiger partial charge in [-0.25, -0.2) is 9.59 Å². The maximum Gasteiger partial charge on any atom is 0.407 e. The van der Waals surface area contributed by atoms with E-state index in [0.717, 1.165) is 0 Å². The number of benzene rings is 2. The minimum Gasteiger partial charge on any atom is -0.497 e. The monoisotopic (exact) mass is 739 g/mol. The predicted octanol–water partition coefficient (Wildman–Crippen LogP) is 3.29. The van der Waals surface area contributed by atoms with E-state index in [2.05, 4.69) is 31.9 Å². The van der Waals surface area contributed by atoms with Crippen LogP contribution in [0.3, 0.4) is 0 Å². The minimum absolute atomic E-state index is 0.0620. The Balaban J connectivity index is 1.97. The van der Waals surface area contributed by atoms with Crippen LogP contribution in [0.25, 0.3) is 0 Å². The Bertz CT molecular complexity index is 1470. The number of carbonyl (C=O) groups excluding carboxylic acids is 4. The van der Waals surface area contributed by atoms with E-state index in [1.165, 1.54) is 31.4 Å². The molecule has 4 atom stereocenters. The molecule has 16 heteroatoms. The lowest BCUT2D eigenvalue weighted by Crippen LogP contribution is -2.52. The normalized spacial score (nSPS) is 17.7. The molecule has 0 heterocycles. The zero-order chi connectivity index (χ0) is 33.6. The molecule has 3 rings (SSSR count). The summed E-state index contributed by atoms with van der Waals surface area (Å²) in [5.41, 5.74) is 6.75. The van der Waals surface area contributed by atoms with Gasteiger partial charge in [-0.1, -0.05) is 12.1 Å². The second-order valence-corrected chi connectivity index (χ2v) is 11.4. The number of rotatable bonds is 14. The molecule has 0 fully saturated rings. The average molecular weight is 741 g/mol. The first-order valence-corrected chi connectivity index (χ1v) is 15.8. The molecule has 1 aliphatic carbocycles. The van der Waals surface area contributed by atoms with Crippen LogP contribution in [0.2, 0.25) is 0 Å². The molecule has 2 aromatic carbocycles. The van der Waals surface area contributed by atoms with Crippen molar-refractivity contribution in [2.24, 2.45) is 5.73 Å². The zero-order valence-corrected chi connectivity index (χ0v) is 27.7. The van der Waals surface area contributed by atoms with E-state index >= 15 is 0 Å². The Hall–Kier alpha value is -4.19. The number of hydrogen-bond donors (Lipinski definition) is 4. The third-order valence-corrected chi connectivity index (χ3v) is 7.57. The van der Waals surface area contributed by atoms with Gasteiger partial charge in [-0.2, -0.15) is 5.26 Å². The lowest BCUT2D eigenvalue weighted by atomic mass is 9.90. The van der Waals surface area contributed by atoms with Crippen molar-refractivity contribution in [3.63, 3.8) is 0 Å². The lowest BCUT2D eigenvalue weighted by molar-refractivity contribution is -0.126. The summed E-state index contributed by atoms with van der Waals surface area (Å²) >= 11 is 14.7. The third kappa shape index (κ3) is 10.7. The topological polar surface area (TPSA) is 191 Å². The average Bonchev–Trinajstić information content (AvgIpc) is 3.04. The number of nitrogens with one attached hydrogen (secondary N) is 3. The maximum atomic E-state index is 13.6. The Morgan fingerprint density at radius 3 is 2.26 bits per heavy atom. The van der Waals surface area contributed by atoms with Gasteiger partial charge in [-0.15, -0.1) is 23.2 Å². The molecule has 2 aromatic rings. The Morgan fingerprint density at radius 1 is 1.04 bits per heavy atom. The molecule has 4 unspecified atom stereocenters. The van der Waals surface area contributed by atoms with Crippen molar-refractivity contribution in [1.82, 2.24) is 16.0 Å². The highest BCUT2D eigenvalue weighted by molar-refractivity contribution is 9.10. The first-order valence-electron chi connectivity index (χ1n) is 13.9. The maximum absolute atomic E-state index is 13.6. The van der Waals surface area contributed by atoms with Crippen molar-refractivity contribution in [2.75, 3.05) is 32.0 Å². The summed E-state index contributed by atoms with van der Waals surface area (Å²) in [5.74, 6) is -0.401. The molecule has 0 radical (unpaired) electrons. The first kappa shape index (κ1) is 36.3. The van der Waals surface area contributed by atoms with Crippen LogP contribution < -0.4 is 31.2 Å². The van der Waals surface area contributed by atoms with E-state index in [4.69, 9.17) is 47.9 Å². The van der Waals surface area contributed by atoms with Crippen molar-refractivity contribution in [3.8, 4) is 17.6 Å². The van der Waals surface area contributed by atoms with Gasteiger partial charge in [-0.05, 0) is 57.9 Å². The highest BCUT2D eigenvalue weighted by Gasteiger charge is 2.42. The van der Waals surface area contributed by atoms with Crippen LogP contribution in [0.4, 0.5) is 9.59 Å². The second-order valence-electron chi connectivity index (χ2n) is 9.76. The van der Waals surface area contributed by atoms with Gasteiger partial charge in [0.1, 0.15) is 23.6 Å². The Kier molecular flexibility index (Phi) is 14.3. The molecule has 0 saturated carbocycles. The summed E-state index contributed by atoms with van der Waals surface area (Å²) < 4.78 is 23.0. The van der Waals surface area contributed by atoms with Gasteiger partial charge in [0.05, 0.1) is 23.2 Å². The van der Waals surface area contributed by atoms with E-state index in [0.29, 0.717) is 21.3 Å². The number of nitrogens with two attached hydrogens (primary N) is 1. The van der Waals surface area contributed by atoms with Gasteiger partial charge >= 0.3 is 12.2 Å². The fourth-order valence-corrected chi connectivity index (χ4v) is 5.01. The van der Waals surface area contributed by atoms with E-state index in [9.17, 15) is 24.4 Å². The first-order chi connectivity index (χ1) is 22.1. The van der Waals surface area contributed by atoms with Gasteiger partial charge in [0.25, 0.3) is 0 Å². The van der Waals surface area contributed by atoms with Gasteiger partial charge in [0.2, 0.25) is 11.8 Å². The molecule has 1 aliphatic rings. The highest BCUT2D eigenvalue weighted by atomic mass is 79.9. The molecular formula is C30H32BrCl2N5O8. The fourth-order valence-electron chi connectivity index (χ4n) is 4.35. The molecule has 0 bridgehead atoms. The standard InChI is InChI=1S/C30H32BrCl2N5O8/c1-43-20-5-2-17(3-6-20)13-22(27(35)39)38-28(40)19-14-24(44-23-7-4-18(16-34)12-21(23)31)26(46-30(42)37-11-9-33)25(15-19)45-29(41)36-10-8-32/h2-7,12,14,22,24-26H,8-11,13,15H2,1H3,(H2,35,39)(H,36,41)(H,37,42)(H,38,40). The number of alkyl halides is 2. The van der Waals surface area contributed by atoms with Crippen LogP contribution in [0.15, 0.2) is 58.6 Å². The van der Waals surface area contributed by atoms with Gasteiger partial charge in [0.15, 0.2) is 12.2 Å². The Morgan fingerprint density at radius 2 is 1.70 bits per heavy atom. The lowest BCUT2D eigenvalue weighted by Gasteiger charge is -2.36. The van der Waals surface area contributed by atoms with E-state index in [1.807, 2.05) is 6.07 Å². The van der Waals surface area contributed by atoms with Crippen molar-refractivity contribution in [3.05, 3.63) is 69.7 Å². The van der Waals surface area contributed by atoms with Gasteiger partial charge in [0, 0.05) is 43.3 Å². The smallest absolute Gasteiger partial charge is 0.407 e. The van der Waals surface area contributed by atoms with E-state index < -0.39 is 48.4 Å². The van der Waals surface area contributed by atoms with E-state index in [-0.39, 0.29) is 49.0 Å².